The maximum absolute atomic E-state index is 11.9. The number of nitrogens with zero attached hydrogens (tertiary/aromatic N) is 1. The first kappa shape index (κ1) is 16.5. The van der Waals surface area contributed by atoms with Crippen molar-refractivity contribution in [1.82, 2.24) is 4.57 Å². The number of ether oxygens (including phenoxy) is 1. The van der Waals surface area contributed by atoms with Gasteiger partial charge in [-0.2, -0.15) is 0 Å². The highest BCUT2D eigenvalue weighted by atomic mass is 35.5. The number of nitrogens with two attached hydrogens (primary N) is 1. The molecule has 0 unspecified atom stereocenters. The van der Waals surface area contributed by atoms with Crippen molar-refractivity contribution in [3.05, 3.63) is 36.0 Å². The fourth-order valence-corrected chi connectivity index (χ4v) is 2.40. The highest BCUT2D eigenvalue weighted by Gasteiger charge is 2.37. The average molecular weight is 297 g/mol. The monoisotopic (exact) mass is 296 g/mol. The molecular weight excluding hydrogens is 276 g/mol. The van der Waals surface area contributed by atoms with Crippen molar-refractivity contribution in [2.45, 2.75) is 19.9 Å². The molecule has 5 heteroatoms. The Bertz CT molecular complexity index is 619. The van der Waals surface area contributed by atoms with Crippen LogP contribution in [0.4, 0.5) is 0 Å². The minimum Gasteiger partial charge on any atom is -0.469 e. The van der Waals surface area contributed by atoms with E-state index in [0.29, 0.717) is 0 Å². The Morgan fingerprint density at radius 2 is 1.95 bits per heavy atom. The van der Waals surface area contributed by atoms with Crippen molar-refractivity contribution in [2.75, 3.05) is 7.11 Å². The van der Waals surface area contributed by atoms with E-state index in [1.165, 1.54) is 7.11 Å². The second-order valence-electron chi connectivity index (χ2n) is 5.40. The summed E-state index contributed by atoms with van der Waals surface area (Å²) in [5.74, 6) is -0.298. The Labute approximate surface area is 125 Å². The summed E-state index contributed by atoms with van der Waals surface area (Å²) in [4.78, 5) is 11.9. The molecule has 4 nitrogen and oxygen atoms in total. The second-order valence-corrected chi connectivity index (χ2v) is 5.40. The lowest BCUT2D eigenvalue weighted by molar-refractivity contribution is -0.152. The molecule has 0 saturated heterocycles. The van der Waals surface area contributed by atoms with Gasteiger partial charge in [-0.25, -0.2) is 0 Å². The quantitative estimate of drug-likeness (QED) is 0.886. The van der Waals surface area contributed by atoms with E-state index < -0.39 is 11.5 Å². The van der Waals surface area contributed by atoms with Gasteiger partial charge < -0.3 is 15.0 Å². The number of halogens is 1. The van der Waals surface area contributed by atoms with Gasteiger partial charge in [-0.05, 0) is 25.5 Å². The summed E-state index contributed by atoms with van der Waals surface area (Å²) >= 11 is 0. The van der Waals surface area contributed by atoms with Gasteiger partial charge in [0.1, 0.15) is 0 Å². The summed E-state index contributed by atoms with van der Waals surface area (Å²) in [5.41, 5.74) is 7.62. The average Bonchev–Trinajstić information content (AvgIpc) is 2.74. The SMILES string of the molecule is COC(=O)C(C)(C)[C@@H](N)c1cn(C)c2ccccc12.Cl. The van der Waals surface area contributed by atoms with Crippen LogP contribution in [-0.2, 0) is 16.6 Å². The van der Waals surface area contributed by atoms with Crippen LogP contribution in [0.25, 0.3) is 10.9 Å². The summed E-state index contributed by atoms with van der Waals surface area (Å²) in [7, 11) is 3.36. The Hall–Kier alpha value is -1.52. The molecule has 110 valence electrons. The highest BCUT2D eigenvalue weighted by Crippen LogP contribution is 2.36. The summed E-state index contributed by atoms with van der Waals surface area (Å²) in [5, 5.41) is 1.08. The van der Waals surface area contributed by atoms with E-state index in [1.807, 2.05) is 55.9 Å². The minimum absolute atomic E-state index is 0. The van der Waals surface area contributed by atoms with Crippen molar-refractivity contribution in [2.24, 2.45) is 18.2 Å². The molecule has 2 aromatic rings. The number of esters is 1. The van der Waals surface area contributed by atoms with E-state index in [-0.39, 0.29) is 18.4 Å². The van der Waals surface area contributed by atoms with Gasteiger partial charge in [0.25, 0.3) is 0 Å². The first-order valence-electron chi connectivity index (χ1n) is 6.27. The molecule has 20 heavy (non-hydrogen) atoms. The van der Waals surface area contributed by atoms with E-state index in [1.54, 1.807) is 0 Å². The normalized spacial score (nSPS) is 12.8. The molecule has 1 atom stereocenters. The molecule has 0 fully saturated rings. The summed E-state index contributed by atoms with van der Waals surface area (Å²) in [6.45, 7) is 3.62. The summed E-state index contributed by atoms with van der Waals surface area (Å²) < 4.78 is 6.88. The van der Waals surface area contributed by atoms with Gasteiger partial charge >= 0.3 is 5.97 Å². The lowest BCUT2D eigenvalue weighted by atomic mass is 9.81. The first-order chi connectivity index (χ1) is 8.89. The Kier molecular flexibility index (Phi) is 4.84. The number of methoxy groups -OCH3 is 1. The van der Waals surface area contributed by atoms with Gasteiger partial charge in [0.05, 0.1) is 12.5 Å². The number of aryl methyl sites for hydroxylation is 1. The third-order valence-electron chi connectivity index (χ3n) is 3.75. The maximum Gasteiger partial charge on any atom is 0.313 e. The third kappa shape index (κ3) is 2.53. The Balaban J connectivity index is 0.00000200. The molecule has 0 amide bonds. The number of rotatable bonds is 3. The summed E-state index contributed by atoms with van der Waals surface area (Å²) in [6.07, 6.45) is 1.99. The predicted molar refractivity (Wildman–Crippen MR) is 82.9 cm³/mol. The van der Waals surface area contributed by atoms with Crippen molar-refractivity contribution in [3.63, 3.8) is 0 Å². The van der Waals surface area contributed by atoms with Crippen molar-refractivity contribution >= 4 is 29.3 Å². The van der Waals surface area contributed by atoms with Crippen LogP contribution in [-0.4, -0.2) is 17.6 Å². The largest absolute Gasteiger partial charge is 0.469 e. The molecule has 0 spiro atoms. The molecule has 2 N–H and O–H groups in total. The number of hydrogen-bond acceptors (Lipinski definition) is 3. The molecule has 0 saturated carbocycles. The van der Waals surface area contributed by atoms with Crippen LogP contribution in [0.3, 0.4) is 0 Å². The first-order valence-corrected chi connectivity index (χ1v) is 6.27. The predicted octanol–water partition coefficient (Wildman–Crippen LogP) is 2.80. The molecular formula is C15H21ClN2O2. The van der Waals surface area contributed by atoms with Crippen molar-refractivity contribution in [3.8, 4) is 0 Å². The van der Waals surface area contributed by atoms with Crippen LogP contribution in [0.5, 0.6) is 0 Å². The number of carbonyl (C=O) groups is 1. The number of carbonyl (C=O) groups excluding carboxylic acids is 1. The molecule has 1 aromatic heterocycles. The molecule has 1 heterocycles. The molecule has 0 aliphatic heterocycles. The van der Waals surface area contributed by atoms with Crippen LogP contribution >= 0.6 is 12.4 Å². The van der Waals surface area contributed by atoms with Gasteiger partial charge in [-0.3, -0.25) is 4.79 Å². The smallest absolute Gasteiger partial charge is 0.313 e. The molecule has 2 rings (SSSR count). The lowest BCUT2D eigenvalue weighted by Gasteiger charge is -2.28. The van der Waals surface area contributed by atoms with E-state index in [4.69, 9.17) is 10.5 Å². The van der Waals surface area contributed by atoms with E-state index >= 15 is 0 Å². The van der Waals surface area contributed by atoms with E-state index in [9.17, 15) is 4.79 Å². The zero-order chi connectivity index (χ0) is 14.2. The van der Waals surface area contributed by atoms with Gasteiger partial charge in [-0.1, -0.05) is 18.2 Å². The third-order valence-corrected chi connectivity index (χ3v) is 3.75. The van der Waals surface area contributed by atoms with Gasteiger partial charge in [0.2, 0.25) is 0 Å². The van der Waals surface area contributed by atoms with Crippen LogP contribution < -0.4 is 5.73 Å². The molecule has 0 bridgehead atoms. The summed E-state index contributed by atoms with van der Waals surface area (Å²) in [6, 6.07) is 7.62. The number of para-hydroxylation sites is 1. The van der Waals surface area contributed by atoms with Gasteiger partial charge in [0.15, 0.2) is 0 Å². The number of benzene rings is 1. The van der Waals surface area contributed by atoms with Crippen LogP contribution in [0.2, 0.25) is 0 Å². The molecule has 0 aliphatic rings. The number of fused-ring (bicyclic) bond motifs is 1. The topological polar surface area (TPSA) is 57.2 Å². The highest BCUT2D eigenvalue weighted by molar-refractivity contribution is 5.86. The van der Waals surface area contributed by atoms with Crippen LogP contribution in [0, 0.1) is 5.41 Å². The van der Waals surface area contributed by atoms with E-state index in [2.05, 4.69) is 0 Å². The van der Waals surface area contributed by atoms with Gasteiger partial charge in [0, 0.05) is 30.2 Å². The van der Waals surface area contributed by atoms with Gasteiger partial charge in [-0.15, -0.1) is 12.4 Å². The number of hydrogen-bond donors (Lipinski definition) is 1. The Morgan fingerprint density at radius 1 is 1.35 bits per heavy atom. The molecule has 1 aromatic carbocycles. The zero-order valence-corrected chi connectivity index (χ0v) is 13.0. The second kappa shape index (κ2) is 5.85. The fourth-order valence-electron chi connectivity index (χ4n) is 2.40. The van der Waals surface area contributed by atoms with Crippen molar-refractivity contribution in [1.29, 1.82) is 0 Å². The fraction of sp³-hybridized carbons (Fsp3) is 0.400. The number of aromatic nitrogens is 1. The lowest BCUT2D eigenvalue weighted by Crippen LogP contribution is -2.37. The van der Waals surface area contributed by atoms with E-state index in [0.717, 1.165) is 16.5 Å². The van der Waals surface area contributed by atoms with Crippen LogP contribution in [0.15, 0.2) is 30.5 Å². The molecule has 0 aliphatic carbocycles. The molecule has 0 radical (unpaired) electrons. The van der Waals surface area contributed by atoms with Crippen LogP contribution in [0.1, 0.15) is 25.5 Å². The van der Waals surface area contributed by atoms with Crippen molar-refractivity contribution < 1.29 is 9.53 Å². The zero-order valence-electron chi connectivity index (χ0n) is 12.2. The maximum atomic E-state index is 11.9. The standard InChI is InChI=1S/C15H20N2O2.ClH/c1-15(2,14(18)19-4)13(16)11-9-17(3)12-8-6-5-7-10(11)12;/h5-9,13H,16H2,1-4H3;1H/t13-;/m0./s1. The minimum atomic E-state index is -0.765. The Morgan fingerprint density at radius 3 is 2.55 bits per heavy atom.